The lowest BCUT2D eigenvalue weighted by molar-refractivity contribution is -0.0529. The van der Waals surface area contributed by atoms with Crippen molar-refractivity contribution in [3.05, 3.63) is 54.2 Å². The van der Waals surface area contributed by atoms with E-state index in [4.69, 9.17) is 21.3 Å². The van der Waals surface area contributed by atoms with Crippen LogP contribution in [0.3, 0.4) is 0 Å². The molecule has 7 N–H and O–H groups in total. The van der Waals surface area contributed by atoms with Crippen molar-refractivity contribution in [2.45, 2.75) is 37.5 Å². The minimum atomic E-state index is -5.24. The number of fused-ring (bicyclic) bond motifs is 1. The van der Waals surface area contributed by atoms with E-state index in [2.05, 4.69) is 24.5 Å². The van der Waals surface area contributed by atoms with Crippen LogP contribution in [0.2, 0.25) is 0 Å². The number of halogens is 4. The van der Waals surface area contributed by atoms with Gasteiger partial charge in [-0.25, -0.2) is 37.1 Å². The number of phosphoric ester groups is 1. The third-order valence-electron chi connectivity index (χ3n) is 6.96. The van der Waals surface area contributed by atoms with Gasteiger partial charge in [0.15, 0.2) is 23.1 Å². The predicted molar refractivity (Wildman–Crippen MR) is 141 cm³/mol. The molecule has 5 rings (SSSR count). The molecule has 42 heavy (non-hydrogen) atoms. The van der Waals surface area contributed by atoms with Gasteiger partial charge in [-0.2, -0.15) is 0 Å². The average molecular weight is 612 g/mol. The zero-order valence-corrected chi connectivity index (χ0v) is 22.5. The van der Waals surface area contributed by atoms with Crippen LogP contribution in [-0.4, -0.2) is 70.6 Å². The summed E-state index contributed by atoms with van der Waals surface area (Å²) in [6, 6.07) is 3.09. The number of rotatable bonds is 8. The number of nitrogen functional groups attached to an aromatic ring is 1. The minimum Gasteiger partial charge on any atom is -0.398 e. The normalized spacial score (nSPS) is 18.5. The van der Waals surface area contributed by atoms with Crippen LogP contribution in [0.1, 0.15) is 18.4 Å². The highest BCUT2D eigenvalue weighted by molar-refractivity contribution is 7.46. The second-order valence-corrected chi connectivity index (χ2v) is 11.1. The summed E-state index contributed by atoms with van der Waals surface area (Å²) in [7, 11) is -5.24. The number of nitrogens with zero attached hydrogens (tertiary/aromatic N) is 6. The molecule has 18 heteroatoms. The third-order valence-corrected chi connectivity index (χ3v) is 7.38. The van der Waals surface area contributed by atoms with Crippen molar-refractivity contribution in [2.75, 3.05) is 23.7 Å². The maximum Gasteiger partial charge on any atom is 0.525 e. The van der Waals surface area contributed by atoms with Crippen molar-refractivity contribution in [2.24, 2.45) is 5.73 Å². The molecule has 0 radical (unpaired) electrons. The Balaban J connectivity index is 1.58. The molecule has 0 spiro atoms. The van der Waals surface area contributed by atoms with Crippen LogP contribution in [0.4, 0.5) is 29.1 Å². The molecular weight excluding hydrogens is 587 g/mol. The van der Waals surface area contributed by atoms with Gasteiger partial charge < -0.3 is 30.6 Å². The predicted octanol–water partition coefficient (Wildman–Crippen LogP) is 2.19. The number of hydrogen-bond acceptors (Lipinski definition) is 10. The van der Waals surface area contributed by atoms with E-state index in [-0.39, 0.29) is 36.6 Å². The Hall–Kier alpha value is -3.89. The van der Waals surface area contributed by atoms with Gasteiger partial charge in [-0.1, -0.05) is 0 Å². The van der Waals surface area contributed by atoms with Gasteiger partial charge in [-0.15, -0.1) is 0 Å². The molecule has 4 aromatic rings. The van der Waals surface area contributed by atoms with Gasteiger partial charge in [0.25, 0.3) is 6.43 Å². The number of nitrogens with two attached hydrogens (primary N) is 2. The fraction of sp³-hybridized carbons (Fsp3) is 0.333. The number of hydrogen-bond donors (Lipinski definition) is 5. The molecule has 0 saturated carbocycles. The number of pyridine rings is 1. The van der Waals surface area contributed by atoms with Gasteiger partial charge >= 0.3 is 7.82 Å². The van der Waals surface area contributed by atoms with E-state index in [9.17, 15) is 27.2 Å². The van der Waals surface area contributed by atoms with Crippen molar-refractivity contribution >= 4 is 30.5 Å². The third kappa shape index (κ3) is 5.87. The molecule has 4 heterocycles. The number of aliphatic hydroxyl groups excluding tert-OH is 1. The first-order chi connectivity index (χ1) is 19.8. The smallest absolute Gasteiger partial charge is 0.398 e. The van der Waals surface area contributed by atoms with Gasteiger partial charge in [-0.05, 0) is 36.6 Å². The van der Waals surface area contributed by atoms with Gasteiger partial charge in [0.05, 0.1) is 36.0 Å². The molecule has 1 aromatic carbocycles. The molecule has 0 bridgehead atoms. The monoisotopic (exact) mass is 612 g/mol. The Morgan fingerprint density at radius 1 is 1.12 bits per heavy atom. The van der Waals surface area contributed by atoms with E-state index >= 15 is 0 Å². The summed E-state index contributed by atoms with van der Waals surface area (Å²) in [6.07, 6.45) is -0.509. The zero-order valence-electron chi connectivity index (χ0n) is 21.6. The number of anilines is 2. The molecule has 0 amide bonds. The van der Waals surface area contributed by atoms with Gasteiger partial charge in [0.2, 0.25) is 5.75 Å². The lowest BCUT2D eigenvalue weighted by atomic mass is 9.84. The summed E-state index contributed by atoms with van der Waals surface area (Å²) in [6.45, 7) is 0.317. The number of benzene rings is 1. The van der Waals surface area contributed by atoms with Crippen LogP contribution in [0.5, 0.6) is 5.75 Å². The van der Waals surface area contributed by atoms with Crippen molar-refractivity contribution in [3.63, 3.8) is 0 Å². The van der Waals surface area contributed by atoms with E-state index in [1.807, 2.05) is 0 Å². The molecule has 224 valence electrons. The molecule has 1 aliphatic heterocycles. The lowest BCUT2D eigenvalue weighted by Crippen LogP contribution is -2.63. The fourth-order valence-corrected chi connectivity index (χ4v) is 5.39. The van der Waals surface area contributed by atoms with E-state index in [1.54, 1.807) is 9.47 Å². The van der Waals surface area contributed by atoms with Crippen molar-refractivity contribution in [1.82, 2.24) is 24.5 Å². The maximum atomic E-state index is 14.7. The highest BCUT2D eigenvalue weighted by atomic mass is 31.2. The number of aliphatic hydroxyl groups is 1. The first-order valence-electron chi connectivity index (χ1n) is 12.4. The van der Waals surface area contributed by atoms with E-state index in [0.29, 0.717) is 35.4 Å². The summed E-state index contributed by atoms with van der Waals surface area (Å²) in [5.74, 6) is -3.86. The molecule has 1 aliphatic rings. The highest BCUT2D eigenvalue weighted by Crippen LogP contribution is 2.41. The van der Waals surface area contributed by atoms with Crippen LogP contribution in [0.25, 0.3) is 22.4 Å². The van der Waals surface area contributed by atoms with Crippen molar-refractivity contribution in [3.8, 4) is 17.0 Å². The fourth-order valence-electron chi connectivity index (χ4n) is 4.98. The Morgan fingerprint density at radius 3 is 2.50 bits per heavy atom. The second kappa shape index (κ2) is 11.1. The SMILES string of the molecule is Nc1ncnc2c1ncn2Cc1cc(-c2cc(F)c(OP(=O)(O)O)c(F)c2)ncc1N1CCC[C@](N)([C@@H](O)C(F)F)C1. The van der Waals surface area contributed by atoms with Crippen LogP contribution < -0.4 is 20.9 Å². The standard InChI is InChI=1S/C24H25F4N8O5P/c25-14-4-12(5-15(26)19(14)41-42(38,39)40)16-6-13(8-36-11-34-18-22(29)32-10-33-23(18)36)17(7-31-16)35-3-1-2-24(30,9-35)20(37)21(27)28/h4-7,10-11,20-21,37H,1-3,8-9,30H2,(H2,29,32,33)(H2,38,39,40)/t20-,24+/m0/s1. The Morgan fingerprint density at radius 2 is 1.83 bits per heavy atom. The number of alkyl halides is 2. The summed E-state index contributed by atoms with van der Waals surface area (Å²) in [5, 5.41) is 10.1. The van der Waals surface area contributed by atoms with Crippen LogP contribution in [-0.2, 0) is 11.1 Å². The minimum absolute atomic E-state index is 0.0631. The molecule has 1 saturated heterocycles. The molecule has 2 atom stereocenters. The first kappa shape index (κ1) is 29.6. The number of aromatic nitrogens is 5. The summed E-state index contributed by atoms with van der Waals surface area (Å²) in [5.41, 5.74) is 12.1. The summed E-state index contributed by atoms with van der Waals surface area (Å²) < 4.78 is 73.0. The van der Waals surface area contributed by atoms with Gasteiger partial charge in [-0.3, -0.25) is 14.8 Å². The largest absolute Gasteiger partial charge is 0.525 e. The number of piperidine rings is 1. The molecule has 0 unspecified atom stereocenters. The topological polar surface area (TPSA) is 199 Å². The zero-order chi connectivity index (χ0) is 30.4. The molecule has 3 aromatic heterocycles. The first-order valence-corrected chi connectivity index (χ1v) is 13.9. The van der Waals surface area contributed by atoms with Crippen LogP contribution in [0.15, 0.2) is 37.1 Å². The molecule has 0 aliphatic carbocycles. The summed E-state index contributed by atoms with van der Waals surface area (Å²) >= 11 is 0. The Bertz CT molecular complexity index is 1670. The van der Waals surface area contributed by atoms with Crippen molar-refractivity contribution in [1.29, 1.82) is 0 Å². The van der Waals surface area contributed by atoms with E-state index in [1.165, 1.54) is 24.9 Å². The van der Waals surface area contributed by atoms with Crippen LogP contribution in [0, 0.1) is 11.6 Å². The average Bonchev–Trinajstić information content (AvgIpc) is 3.33. The lowest BCUT2D eigenvalue weighted by Gasteiger charge is -2.44. The Kier molecular flexibility index (Phi) is 7.80. The van der Waals surface area contributed by atoms with E-state index < -0.39 is 43.3 Å². The Labute approximate surface area is 235 Å². The number of phosphoric acid groups is 1. The molecular formula is C24H25F4N8O5P. The van der Waals surface area contributed by atoms with Crippen LogP contribution >= 0.6 is 7.82 Å². The second-order valence-electron chi connectivity index (χ2n) is 9.89. The van der Waals surface area contributed by atoms with Crippen molar-refractivity contribution < 1.29 is 41.5 Å². The summed E-state index contributed by atoms with van der Waals surface area (Å²) in [4.78, 5) is 36.3. The number of imidazole rings is 1. The quantitative estimate of drug-likeness (QED) is 0.144. The van der Waals surface area contributed by atoms with E-state index in [0.717, 1.165) is 12.1 Å². The molecule has 1 fully saturated rings. The van der Waals surface area contributed by atoms with Gasteiger partial charge in [0, 0.05) is 18.7 Å². The molecule has 13 nitrogen and oxygen atoms in total. The maximum absolute atomic E-state index is 14.7. The highest BCUT2D eigenvalue weighted by Gasteiger charge is 2.43. The van der Waals surface area contributed by atoms with Gasteiger partial charge in [0.1, 0.15) is 17.9 Å².